The summed E-state index contributed by atoms with van der Waals surface area (Å²) >= 11 is 0. The van der Waals surface area contributed by atoms with E-state index in [0.717, 1.165) is 5.56 Å². The van der Waals surface area contributed by atoms with Gasteiger partial charge in [0.2, 0.25) is 0 Å². The van der Waals surface area contributed by atoms with E-state index >= 15 is 0 Å². The molecule has 0 spiro atoms. The predicted octanol–water partition coefficient (Wildman–Crippen LogP) is 0.571. The van der Waals surface area contributed by atoms with E-state index in [1.165, 1.54) is 0 Å². The molecule has 0 bridgehead atoms. The van der Waals surface area contributed by atoms with Gasteiger partial charge in [0.05, 0.1) is 19.0 Å². The lowest BCUT2D eigenvalue weighted by Gasteiger charge is -2.15. The highest BCUT2D eigenvalue weighted by molar-refractivity contribution is 5.73. The van der Waals surface area contributed by atoms with Crippen molar-refractivity contribution < 1.29 is 15.0 Å². The van der Waals surface area contributed by atoms with Crippen molar-refractivity contribution in [3.63, 3.8) is 0 Å². The quantitative estimate of drug-likeness (QED) is 0.715. The van der Waals surface area contributed by atoms with Crippen molar-refractivity contribution in [2.75, 3.05) is 0 Å². The first-order valence-corrected chi connectivity index (χ1v) is 6.28. The van der Waals surface area contributed by atoms with Crippen LogP contribution < -0.4 is 5.73 Å². The molecule has 2 rings (SSSR count). The van der Waals surface area contributed by atoms with E-state index in [1.54, 1.807) is 17.1 Å². The summed E-state index contributed by atoms with van der Waals surface area (Å²) in [6, 6.07) is 8.29. The molecule has 1 heterocycles. The molecule has 0 radical (unpaired) electrons. The fourth-order valence-corrected chi connectivity index (χ4v) is 1.96. The molecule has 0 saturated heterocycles. The van der Waals surface area contributed by atoms with E-state index in [1.807, 2.05) is 30.3 Å². The molecule has 1 aromatic heterocycles. The van der Waals surface area contributed by atoms with Gasteiger partial charge in [-0.05, 0) is 5.56 Å². The maximum Gasteiger partial charge on any atom is 0.320 e. The summed E-state index contributed by atoms with van der Waals surface area (Å²) in [4.78, 5) is 14.8. The zero-order chi connectivity index (χ0) is 14.5. The first-order chi connectivity index (χ1) is 9.58. The van der Waals surface area contributed by atoms with Crippen molar-refractivity contribution in [3.05, 3.63) is 54.1 Å². The van der Waals surface area contributed by atoms with Crippen molar-refractivity contribution in [2.45, 2.75) is 25.1 Å². The van der Waals surface area contributed by atoms with Gasteiger partial charge in [0.25, 0.3) is 0 Å². The van der Waals surface area contributed by atoms with Crippen LogP contribution in [-0.2, 0) is 17.8 Å². The third-order valence-electron chi connectivity index (χ3n) is 3.10. The fourth-order valence-electron chi connectivity index (χ4n) is 1.96. The molecule has 6 nitrogen and oxygen atoms in total. The van der Waals surface area contributed by atoms with Gasteiger partial charge in [0, 0.05) is 18.3 Å². The van der Waals surface area contributed by atoms with Crippen LogP contribution in [0.15, 0.2) is 42.9 Å². The molecule has 2 aromatic rings. The average molecular weight is 275 g/mol. The van der Waals surface area contributed by atoms with E-state index in [-0.39, 0.29) is 6.42 Å². The van der Waals surface area contributed by atoms with E-state index in [4.69, 9.17) is 10.8 Å². The fraction of sp³-hybridized carbons (Fsp3) is 0.286. The molecule has 1 unspecified atom stereocenters. The topological polar surface area (TPSA) is 101 Å². The van der Waals surface area contributed by atoms with Gasteiger partial charge in [0.1, 0.15) is 6.04 Å². The van der Waals surface area contributed by atoms with Crippen molar-refractivity contribution in [3.8, 4) is 0 Å². The van der Waals surface area contributed by atoms with E-state index in [0.29, 0.717) is 12.2 Å². The molecule has 0 fully saturated rings. The highest BCUT2D eigenvalue weighted by Gasteiger charge is 2.16. The van der Waals surface area contributed by atoms with Gasteiger partial charge in [-0.25, -0.2) is 4.98 Å². The number of aliphatic hydroxyl groups excluding tert-OH is 1. The van der Waals surface area contributed by atoms with Gasteiger partial charge in [-0.3, -0.25) is 4.79 Å². The Hall–Kier alpha value is -2.18. The number of aliphatic carboxylic acids is 1. The maximum absolute atomic E-state index is 10.8. The van der Waals surface area contributed by atoms with Crippen LogP contribution in [0.25, 0.3) is 0 Å². The SMILES string of the molecule is N[C@@H](Cc1cncn1CC(O)c1ccccc1)C(=O)O. The highest BCUT2D eigenvalue weighted by Crippen LogP contribution is 2.16. The minimum absolute atomic E-state index is 0.177. The molecule has 0 aliphatic carbocycles. The van der Waals surface area contributed by atoms with Crippen LogP contribution in [0.5, 0.6) is 0 Å². The second kappa shape index (κ2) is 6.31. The minimum Gasteiger partial charge on any atom is -0.480 e. The van der Waals surface area contributed by atoms with Gasteiger partial charge in [-0.1, -0.05) is 30.3 Å². The Morgan fingerprint density at radius 3 is 2.70 bits per heavy atom. The molecular weight excluding hydrogens is 258 g/mol. The summed E-state index contributed by atoms with van der Waals surface area (Å²) in [5, 5.41) is 19.0. The van der Waals surface area contributed by atoms with Crippen LogP contribution >= 0.6 is 0 Å². The molecular formula is C14H17N3O3. The molecule has 6 heteroatoms. The Labute approximate surface area is 116 Å². The van der Waals surface area contributed by atoms with Gasteiger partial charge >= 0.3 is 5.97 Å². The Morgan fingerprint density at radius 1 is 1.35 bits per heavy atom. The summed E-state index contributed by atoms with van der Waals surface area (Å²) in [7, 11) is 0. The number of carbonyl (C=O) groups is 1. The Balaban J connectivity index is 2.07. The second-order valence-electron chi connectivity index (χ2n) is 4.61. The van der Waals surface area contributed by atoms with E-state index in [9.17, 15) is 9.90 Å². The summed E-state index contributed by atoms with van der Waals surface area (Å²) in [5.41, 5.74) is 7.01. The lowest BCUT2D eigenvalue weighted by Crippen LogP contribution is -2.33. The maximum atomic E-state index is 10.8. The molecule has 0 aliphatic rings. The van der Waals surface area contributed by atoms with Gasteiger partial charge < -0.3 is 20.5 Å². The molecule has 106 valence electrons. The zero-order valence-corrected chi connectivity index (χ0v) is 10.9. The molecule has 0 amide bonds. The Kier molecular flexibility index (Phi) is 4.49. The number of hydrogen-bond donors (Lipinski definition) is 3. The van der Waals surface area contributed by atoms with Crippen molar-refractivity contribution >= 4 is 5.97 Å². The third kappa shape index (κ3) is 3.43. The molecule has 0 saturated carbocycles. The van der Waals surface area contributed by atoms with Crippen molar-refractivity contribution in [2.24, 2.45) is 5.73 Å². The minimum atomic E-state index is -1.05. The smallest absolute Gasteiger partial charge is 0.320 e. The molecule has 2 atom stereocenters. The first-order valence-electron chi connectivity index (χ1n) is 6.28. The Morgan fingerprint density at radius 2 is 2.05 bits per heavy atom. The normalized spacial score (nSPS) is 13.9. The zero-order valence-electron chi connectivity index (χ0n) is 10.9. The average Bonchev–Trinajstić information content (AvgIpc) is 2.86. The van der Waals surface area contributed by atoms with E-state index < -0.39 is 18.1 Å². The predicted molar refractivity (Wildman–Crippen MR) is 72.9 cm³/mol. The summed E-state index contributed by atoms with van der Waals surface area (Å²) in [6.07, 6.45) is 2.64. The number of hydrogen-bond acceptors (Lipinski definition) is 4. The molecule has 1 aromatic carbocycles. The molecule has 20 heavy (non-hydrogen) atoms. The van der Waals surface area contributed by atoms with Crippen LogP contribution in [0.1, 0.15) is 17.4 Å². The lowest BCUT2D eigenvalue weighted by atomic mass is 10.1. The molecule has 0 aliphatic heterocycles. The Bertz CT molecular complexity index is 568. The number of carboxylic acid groups (broad SMARTS) is 1. The number of aliphatic hydroxyl groups is 1. The monoisotopic (exact) mass is 275 g/mol. The van der Waals surface area contributed by atoms with Crippen molar-refractivity contribution in [1.29, 1.82) is 0 Å². The number of nitrogens with zero attached hydrogens (tertiary/aromatic N) is 2. The number of benzene rings is 1. The standard InChI is InChI=1S/C14H17N3O3/c15-12(14(19)20)6-11-7-16-9-17(11)8-13(18)10-4-2-1-3-5-10/h1-5,7,9,12-13,18H,6,8,15H2,(H,19,20)/t12-,13?/m0/s1. The lowest BCUT2D eigenvalue weighted by molar-refractivity contribution is -0.138. The van der Waals surface area contributed by atoms with Crippen LogP contribution in [0.3, 0.4) is 0 Å². The van der Waals surface area contributed by atoms with Crippen LogP contribution in [0.4, 0.5) is 0 Å². The summed E-state index contributed by atoms with van der Waals surface area (Å²) in [6.45, 7) is 0.311. The number of carboxylic acids is 1. The highest BCUT2D eigenvalue weighted by atomic mass is 16.4. The summed E-state index contributed by atoms with van der Waals surface area (Å²) < 4.78 is 1.72. The number of rotatable bonds is 6. The van der Waals surface area contributed by atoms with Gasteiger partial charge in [0.15, 0.2) is 0 Å². The largest absolute Gasteiger partial charge is 0.480 e. The van der Waals surface area contributed by atoms with Gasteiger partial charge in [-0.15, -0.1) is 0 Å². The van der Waals surface area contributed by atoms with Crippen LogP contribution in [0.2, 0.25) is 0 Å². The molecule has 4 N–H and O–H groups in total. The summed E-state index contributed by atoms with van der Waals surface area (Å²) in [5.74, 6) is -1.05. The number of aromatic nitrogens is 2. The van der Waals surface area contributed by atoms with Crippen LogP contribution in [-0.4, -0.2) is 31.8 Å². The number of nitrogens with two attached hydrogens (primary N) is 1. The first kappa shape index (κ1) is 14.2. The second-order valence-corrected chi connectivity index (χ2v) is 4.61. The van der Waals surface area contributed by atoms with Crippen molar-refractivity contribution in [1.82, 2.24) is 9.55 Å². The third-order valence-corrected chi connectivity index (χ3v) is 3.10. The van der Waals surface area contributed by atoms with E-state index in [2.05, 4.69) is 4.98 Å². The number of imidazole rings is 1. The van der Waals surface area contributed by atoms with Gasteiger partial charge in [-0.2, -0.15) is 0 Å². The van der Waals surface area contributed by atoms with Crippen LogP contribution in [0, 0.1) is 0 Å².